The van der Waals surface area contributed by atoms with E-state index in [1.165, 1.54) is 31.2 Å². The van der Waals surface area contributed by atoms with Crippen LogP contribution < -0.4 is 4.90 Å². The minimum absolute atomic E-state index is 0.220. The van der Waals surface area contributed by atoms with Gasteiger partial charge in [-0.05, 0) is 30.7 Å². The summed E-state index contributed by atoms with van der Waals surface area (Å²) in [7, 11) is 0. The Morgan fingerprint density at radius 3 is 2.58 bits per heavy atom. The Morgan fingerprint density at radius 2 is 1.96 bits per heavy atom. The van der Waals surface area contributed by atoms with Gasteiger partial charge in [0.25, 0.3) is 0 Å². The largest absolute Gasteiger partial charge is 0.481 e. The molecule has 140 valence electrons. The van der Waals surface area contributed by atoms with Gasteiger partial charge in [-0.3, -0.25) is 4.79 Å². The number of carboxylic acid groups (broad SMARTS) is 1. The average Bonchev–Trinajstić information content (AvgIpc) is 3.31. The minimum Gasteiger partial charge on any atom is -0.481 e. The van der Waals surface area contributed by atoms with Crippen molar-refractivity contribution >= 4 is 22.4 Å². The van der Waals surface area contributed by atoms with Crippen molar-refractivity contribution in [2.45, 2.75) is 64.3 Å². The molecular formula is C21H28N2O2S. The monoisotopic (exact) mass is 372 g/mol. The van der Waals surface area contributed by atoms with Gasteiger partial charge >= 0.3 is 5.97 Å². The Labute approximate surface area is 159 Å². The van der Waals surface area contributed by atoms with Gasteiger partial charge in [-0.1, -0.05) is 51.0 Å². The Kier molecular flexibility index (Phi) is 6.30. The quantitative estimate of drug-likeness (QED) is 0.660. The number of aliphatic carboxylic acids is 1. The second-order valence-corrected chi connectivity index (χ2v) is 8.26. The maximum atomic E-state index is 10.9. The van der Waals surface area contributed by atoms with Gasteiger partial charge in [0.15, 0.2) is 5.13 Å². The molecule has 1 N–H and O–H groups in total. The molecule has 5 heteroatoms. The second kappa shape index (κ2) is 8.67. The van der Waals surface area contributed by atoms with Crippen molar-refractivity contribution in [1.29, 1.82) is 0 Å². The highest BCUT2D eigenvalue weighted by Crippen LogP contribution is 2.33. The summed E-state index contributed by atoms with van der Waals surface area (Å²) in [6, 6.07) is 9.17. The van der Waals surface area contributed by atoms with Crippen LogP contribution >= 0.6 is 11.3 Å². The fraction of sp³-hybridized carbons (Fsp3) is 0.524. The van der Waals surface area contributed by atoms with Crippen molar-refractivity contribution in [3.05, 3.63) is 35.2 Å². The third-order valence-electron chi connectivity index (χ3n) is 5.17. The highest BCUT2D eigenvalue weighted by Gasteiger charge is 2.25. The van der Waals surface area contributed by atoms with Gasteiger partial charge in [-0.25, -0.2) is 4.98 Å². The fourth-order valence-electron chi connectivity index (χ4n) is 3.62. The van der Waals surface area contributed by atoms with Gasteiger partial charge in [0.05, 0.1) is 5.69 Å². The van der Waals surface area contributed by atoms with Gasteiger partial charge in [0.1, 0.15) is 0 Å². The van der Waals surface area contributed by atoms with Gasteiger partial charge in [0.2, 0.25) is 0 Å². The van der Waals surface area contributed by atoms with Crippen LogP contribution in [0.5, 0.6) is 0 Å². The number of rotatable bonds is 8. The Hall–Kier alpha value is -1.88. The third kappa shape index (κ3) is 4.64. The van der Waals surface area contributed by atoms with E-state index in [1.54, 1.807) is 11.3 Å². The SMILES string of the molecule is CC(C)c1ccc(-c2csc(N(CCCC(=O)O)C3CCCC3)n2)cc1. The second-order valence-electron chi connectivity index (χ2n) is 7.42. The first-order chi connectivity index (χ1) is 12.5. The summed E-state index contributed by atoms with van der Waals surface area (Å²) >= 11 is 1.68. The molecule has 26 heavy (non-hydrogen) atoms. The van der Waals surface area contributed by atoms with Crippen LogP contribution in [0.2, 0.25) is 0 Å². The molecule has 1 fully saturated rings. The van der Waals surface area contributed by atoms with E-state index in [9.17, 15) is 4.79 Å². The lowest BCUT2D eigenvalue weighted by Crippen LogP contribution is -2.34. The first-order valence-electron chi connectivity index (χ1n) is 9.59. The summed E-state index contributed by atoms with van der Waals surface area (Å²) in [5.74, 6) is -0.191. The molecule has 0 radical (unpaired) electrons. The van der Waals surface area contributed by atoms with Crippen LogP contribution in [0.15, 0.2) is 29.6 Å². The molecule has 3 rings (SSSR count). The molecule has 0 bridgehead atoms. The molecule has 4 nitrogen and oxygen atoms in total. The summed E-state index contributed by atoms with van der Waals surface area (Å²) in [4.78, 5) is 18.1. The predicted octanol–water partition coefficient (Wildman–Crippen LogP) is 5.55. The normalized spacial score (nSPS) is 14.9. The number of nitrogens with zero attached hydrogens (tertiary/aromatic N) is 2. The standard InChI is InChI=1S/C21H28N2O2S/c1-15(2)16-9-11-17(12-10-16)19-14-26-21(22-19)23(13-5-8-20(24)25)18-6-3-4-7-18/h9-12,14-15,18H,3-8,13H2,1-2H3,(H,24,25). The lowest BCUT2D eigenvalue weighted by atomic mass is 10.0. The number of hydrogen-bond acceptors (Lipinski definition) is 4. The van der Waals surface area contributed by atoms with Crippen molar-refractivity contribution in [2.75, 3.05) is 11.4 Å². The van der Waals surface area contributed by atoms with E-state index in [-0.39, 0.29) is 6.42 Å². The van der Waals surface area contributed by atoms with Crippen LogP contribution in [0.4, 0.5) is 5.13 Å². The molecule has 0 spiro atoms. The van der Waals surface area contributed by atoms with E-state index in [0.29, 0.717) is 18.4 Å². The topological polar surface area (TPSA) is 53.4 Å². The zero-order valence-corrected chi connectivity index (χ0v) is 16.5. The highest BCUT2D eigenvalue weighted by molar-refractivity contribution is 7.14. The van der Waals surface area contributed by atoms with Gasteiger partial charge in [-0.2, -0.15) is 0 Å². The summed E-state index contributed by atoms with van der Waals surface area (Å²) in [6.45, 7) is 5.18. The first kappa shape index (κ1) is 18.9. The van der Waals surface area contributed by atoms with E-state index in [4.69, 9.17) is 10.1 Å². The molecule has 1 aromatic carbocycles. The number of thiazole rings is 1. The van der Waals surface area contributed by atoms with Crippen LogP contribution in [0.1, 0.15) is 63.9 Å². The van der Waals surface area contributed by atoms with Gasteiger partial charge in [0, 0.05) is 30.0 Å². The molecule has 2 aromatic rings. The number of carboxylic acids is 1. The van der Waals surface area contributed by atoms with Crippen molar-refractivity contribution in [3.8, 4) is 11.3 Å². The van der Waals surface area contributed by atoms with Gasteiger partial charge < -0.3 is 10.0 Å². The van der Waals surface area contributed by atoms with E-state index < -0.39 is 5.97 Å². The molecule has 1 heterocycles. The Balaban J connectivity index is 1.76. The first-order valence-corrected chi connectivity index (χ1v) is 10.5. The number of benzene rings is 1. The number of anilines is 1. The van der Waals surface area contributed by atoms with Crippen molar-refractivity contribution in [1.82, 2.24) is 4.98 Å². The molecule has 0 saturated heterocycles. The van der Waals surface area contributed by atoms with Crippen LogP contribution in [0.25, 0.3) is 11.3 Å². The molecule has 1 saturated carbocycles. The molecule has 0 aliphatic heterocycles. The zero-order valence-electron chi connectivity index (χ0n) is 15.6. The molecule has 0 amide bonds. The average molecular weight is 373 g/mol. The van der Waals surface area contributed by atoms with Crippen LogP contribution in [-0.4, -0.2) is 28.6 Å². The number of carbonyl (C=O) groups is 1. The molecule has 1 aliphatic carbocycles. The highest BCUT2D eigenvalue weighted by atomic mass is 32.1. The zero-order chi connectivity index (χ0) is 18.5. The van der Waals surface area contributed by atoms with E-state index in [2.05, 4.69) is 48.4 Å². The predicted molar refractivity (Wildman–Crippen MR) is 108 cm³/mol. The summed E-state index contributed by atoms with van der Waals surface area (Å²) < 4.78 is 0. The van der Waals surface area contributed by atoms with E-state index in [1.807, 2.05) is 0 Å². The molecule has 1 aromatic heterocycles. The fourth-order valence-corrected chi connectivity index (χ4v) is 4.55. The van der Waals surface area contributed by atoms with E-state index >= 15 is 0 Å². The lowest BCUT2D eigenvalue weighted by molar-refractivity contribution is -0.137. The maximum absolute atomic E-state index is 10.9. The molecule has 0 unspecified atom stereocenters. The smallest absolute Gasteiger partial charge is 0.303 e. The van der Waals surface area contributed by atoms with Crippen LogP contribution in [0, 0.1) is 0 Å². The molecule has 0 atom stereocenters. The Morgan fingerprint density at radius 1 is 1.27 bits per heavy atom. The summed E-state index contributed by atoms with van der Waals surface area (Å²) in [6.07, 6.45) is 5.78. The summed E-state index contributed by atoms with van der Waals surface area (Å²) in [5, 5.41) is 12.1. The van der Waals surface area contributed by atoms with Crippen molar-refractivity contribution in [2.24, 2.45) is 0 Å². The van der Waals surface area contributed by atoms with Crippen molar-refractivity contribution in [3.63, 3.8) is 0 Å². The van der Waals surface area contributed by atoms with Crippen LogP contribution in [-0.2, 0) is 4.79 Å². The minimum atomic E-state index is -0.721. The number of aromatic nitrogens is 1. The van der Waals surface area contributed by atoms with Crippen molar-refractivity contribution < 1.29 is 9.90 Å². The molecular weight excluding hydrogens is 344 g/mol. The Bertz CT molecular complexity index is 718. The lowest BCUT2D eigenvalue weighted by Gasteiger charge is -2.28. The van der Waals surface area contributed by atoms with Crippen LogP contribution in [0.3, 0.4) is 0 Å². The summed E-state index contributed by atoms with van der Waals surface area (Å²) in [5.41, 5.74) is 3.50. The van der Waals surface area contributed by atoms with Gasteiger partial charge in [-0.15, -0.1) is 11.3 Å². The maximum Gasteiger partial charge on any atom is 0.303 e. The molecule has 1 aliphatic rings. The third-order valence-corrected chi connectivity index (χ3v) is 6.04. The van der Waals surface area contributed by atoms with E-state index in [0.717, 1.165) is 22.9 Å². The number of hydrogen-bond donors (Lipinski definition) is 1.